The van der Waals surface area contributed by atoms with E-state index in [-0.39, 0.29) is 24.1 Å². The van der Waals surface area contributed by atoms with Crippen LogP contribution in [0.25, 0.3) is 0 Å². The fourth-order valence-electron chi connectivity index (χ4n) is 2.42. The zero-order valence-electron chi connectivity index (χ0n) is 9.23. The number of halogens is 1. The van der Waals surface area contributed by atoms with Gasteiger partial charge < -0.3 is 10.1 Å². The number of amides is 1. The number of fused-ring (bicyclic) bond motifs is 1. The highest BCUT2D eigenvalue weighted by Crippen LogP contribution is 2.24. The van der Waals surface area contributed by atoms with E-state index in [0.717, 1.165) is 12.1 Å². The van der Waals surface area contributed by atoms with Crippen LogP contribution in [0.2, 0.25) is 0 Å². The summed E-state index contributed by atoms with van der Waals surface area (Å²) in [4.78, 5) is 13.3. The maximum atomic E-state index is 13.1. The standard InChI is InChI=1S/C12H13FN2O2/c13-9-3-1-2-8(4-9)7-15-10-5-14-6-11(10)17-12(15)16/h1-4,10-11,14H,5-7H2. The Morgan fingerprint density at radius 1 is 1.47 bits per heavy atom. The van der Waals surface area contributed by atoms with Crippen LogP contribution in [0.4, 0.5) is 9.18 Å². The van der Waals surface area contributed by atoms with Gasteiger partial charge in [0.05, 0.1) is 6.04 Å². The Morgan fingerprint density at radius 2 is 2.35 bits per heavy atom. The first kappa shape index (κ1) is 10.5. The summed E-state index contributed by atoms with van der Waals surface area (Å²) in [5, 5.41) is 3.18. The SMILES string of the molecule is O=C1OC2CNCC2N1Cc1cccc(F)c1. The minimum absolute atomic E-state index is 0.0592. The van der Waals surface area contributed by atoms with E-state index in [2.05, 4.69) is 5.32 Å². The van der Waals surface area contributed by atoms with E-state index in [4.69, 9.17) is 4.74 Å². The minimum atomic E-state index is -0.300. The van der Waals surface area contributed by atoms with E-state index in [1.54, 1.807) is 11.0 Å². The van der Waals surface area contributed by atoms with Crippen molar-refractivity contribution in [3.8, 4) is 0 Å². The van der Waals surface area contributed by atoms with Gasteiger partial charge in [0, 0.05) is 19.6 Å². The summed E-state index contributed by atoms with van der Waals surface area (Å²) < 4.78 is 18.3. The van der Waals surface area contributed by atoms with Crippen LogP contribution in [-0.2, 0) is 11.3 Å². The molecule has 4 nitrogen and oxygen atoms in total. The molecular weight excluding hydrogens is 223 g/mol. The van der Waals surface area contributed by atoms with Gasteiger partial charge in [0.1, 0.15) is 11.9 Å². The van der Waals surface area contributed by atoms with Gasteiger partial charge in [-0.3, -0.25) is 4.90 Å². The summed E-state index contributed by atoms with van der Waals surface area (Å²) >= 11 is 0. The van der Waals surface area contributed by atoms with Gasteiger partial charge in [0.15, 0.2) is 0 Å². The summed E-state index contributed by atoms with van der Waals surface area (Å²) in [6.07, 6.45) is -0.359. The lowest BCUT2D eigenvalue weighted by Gasteiger charge is -2.19. The molecule has 5 heteroatoms. The van der Waals surface area contributed by atoms with Crippen molar-refractivity contribution in [3.05, 3.63) is 35.6 Å². The second kappa shape index (κ2) is 4.00. The predicted molar refractivity (Wildman–Crippen MR) is 58.9 cm³/mol. The van der Waals surface area contributed by atoms with Gasteiger partial charge in [-0.15, -0.1) is 0 Å². The lowest BCUT2D eigenvalue weighted by Crippen LogP contribution is -2.36. The maximum absolute atomic E-state index is 13.1. The molecule has 90 valence electrons. The number of nitrogens with zero attached hydrogens (tertiary/aromatic N) is 1. The first-order valence-corrected chi connectivity index (χ1v) is 5.66. The summed E-state index contributed by atoms with van der Waals surface area (Å²) in [6.45, 7) is 1.85. The monoisotopic (exact) mass is 236 g/mol. The van der Waals surface area contributed by atoms with Crippen LogP contribution in [0.3, 0.4) is 0 Å². The molecular formula is C12H13FN2O2. The van der Waals surface area contributed by atoms with Crippen LogP contribution in [0, 0.1) is 5.82 Å². The number of hydrogen-bond donors (Lipinski definition) is 1. The second-order valence-corrected chi connectivity index (χ2v) is 4.41. The Balaban J connectivity index is 1.78. The van der Waals surface area contributed by atoms with Crippen molar-refractivity contribution >= 4 is 6.09 Å². The summed E-state index contributed by atoms with van der Waals surface area (Å²) in [5.41, 5.74) is 0.787. The largest absolute Gasteiger partial charge is 0.442 e. The van der Waals surface area contributed by atoms with Crippen LogP contribution in [0.15, 0.2) is 24.3 Å². The van der Waals surface area contributed by atoms with Gasteiger partial charge in [0.25, 0.3) is 0 Å². The van der Waals surface area contributed by atoms with Crippen LogP contribution in [-0.4, -0.2) is 36.2 Å². The zero-order valence-corrected chi connectivity index (χ0v) is 9.23. The molecule has 1 aromatic rings. The molecule has 2 aliphatic rings. The zero-order chi connectivity index (χ0) is 11.8. The molecule has 2 saturated heterocycles. The van der Waals surface area contributed by atoms with E-state index in [1.165, 1.54) is 12.1 Å². The van der Waals surface area contributed by atoms with Crippen molar-refractivity contribution in [3.63, 3.8) is 0 Å². The van der Waals surface area contributed by atoms with E-state index < -0.39 is 0 Å². The van der Waals surface area contributed by atoms with Gasteiger partial charge in [-0.2, -0.15) is 0 Å². The molecule has 0 saturated carbocycles. The fraction of sp³-hybridized carbons (Fsp3) is 0.417. The molecule has 0 bridgehead atoms. The third-order valence-corrected chi connectivity index (χ3v) is 3.26. The van der Waals surface area contributed by atoms with Gasteiger partial charge in [-0.25, -0.2) is 9.18 Å². The molecule has 0 aromatic heterocycles. The molecule has 0 aliphatic carbocycles. The van der Waals surface area contributed by atoms with Gasteiger partial charge in [-0.1, -0.05) is 12.1 Å². The van der Waals surface area contributed by atoms with Crippen molar-refractivity contribution in [2.75, 3.05) is 13.1 Å². The van der Waals surface area contributed by atoms with Crippen molar-refractivity contribution in [1.29, 1.82) is 0 Å². The number of carbonyl (C=O) groups is 1. The Labute approximate surface area is 98.4 Å². The average molecular weight is 236 g/mol. The molecule has 0 radical (unpaired) electrons. The minimum Gasteiger partial charge on any atom is -0.442 e. The molecule has 2 atom stereocenters. The first-order chi connectivity index (χ1) is 8.24. The van der Waals surface area contributed by atoms with Crippen molar-refractivity contribution in [2.24, 2.45) is 0 Å². The fourth-order valence-corrected chi connectivity index (χ4v) is 2.42. The number of carbonyl (C=O) groups excluding carboxylic acids is 1. The first-order valence-electron chi connectivity index (χ1n) is 5.66. The molecule has 1 aromatic carbocycles. The molecule has 2 heterocycles. The third kappa shape index (κ3) is 1.86. The topological polar surface area (TPSA) is 41.6 Å². The molecule has 1 amide bonds. The van der Waals surface area contributed by atoms with Crippen LogP contribution in [0.5, 0.6) is 0 Å². The third-order valence-electron chi connectivity index (χ3n) is 3.26. The van der Waals surface area contributed by atoms with Crippen LogP contribution >= 0.6 is 0 Å². The summed E-state index contributed by atoms with van der Waals surface area (Å²) in [5.74, 6) is -0.281. The van der Waals surface area contributed by atoms with Crippen molar-refractivity contribution in [1.82, 2.24) is 10.2 Å². The van der Waals surface area contributed by atoms with Gasteiger partial charge in [-0.05, 0) is 17.7 Å². The van der Waals surface area contributed by atoms with E-state index >= 15 is 0 Å². The van der Waals surface area contributed by atoms with Gasteiger partial charge >= 0.3 is 6.09 Å². The highest BCUT2D eigenvalue weighted by molar-refractivity contribution is 5.71. The normalized spacial score (nSPS) is 27.1. The van der Waals surface area contributed by atoms with Crippen molar-refractivity contribution < 1.29 is 13.9 Å². The van der Waals surface area contributed by atoms with E-state index in [0.29, 0.717) is 13.1 Å². The average Bonchev–Trinajstić information content (AvgIpc) is 2.83. The quantitative estimate of drug-likeness (QED) is 0.836. The van der Waals surface area contributed by atoms with Gasteiger partial charge in [0.2, 0.25) is 0 Å². The van der Waals surface area contributed by atoms with Crippen LogP contribution < -0.4 is 5.32 Å². The smallest absolute Gasteiger partial charge is 0.410 e. The summed E-state index contributed by atoms with van der Waals surface area (Å²) in [6, 6.07) is 6.38. The van der Waals surface area contributed by atoms with Crippen molar-refractivity contribution in [2.45, 2.75) is 18.7 Å². The highest BCUT2D eigenvalue weighted by atomic mass is 19.1. The summed E-state index contributed by atoms with van der Waals surface area (Å²) in [7, 11) is 0. The molecule has 0 spiro atoms. The maximum Gasteiger partial charge on any atom is 0.410 e. The Morgan fingerprint density at radius 3 is 3.18 bits per heavy atom. The number of rotatable bonds is 2. The Hall–Kier alpha value is -1.62. The Bertz CT molecular complexity index is 452. The molecule has 3 rings (SSSR count). The second-order valence-electron chi connectivity index (χ2n) is 4.41. The number of ether oxygens (including phenoxy) is 1. The molecule has 17 heavy (non-hydrogen) atoms. The number of hydrogen-bond acceptors (Lipinski definition) is 3. The molecule has 2 aliphatic heterocycles. The Kier molecular flexibility index (Phi) is 2.48. The lowest BCUT2D eigenvalue weighted by atomic mass is 10.1. The van der Waals surface area contributed by atoms with Crippen LogP contribution in [0.1, 0.15) is 5.56 Å². The number of nitrogens with one attached hydrogen (secondary N) is 1. The predicted octanol–water partition coefficient (Wildman–Crippen LogP) is 1.12. The number of benzene rings is 1. The highest BCUT2D eigenvalue weighted by Gasteiger charge is 2.44. The molecule has 2 fully saturated rings. The lowest BCUT2D eigenvalue weighted by molar-refractivity contribution is 0.133. The molecule has 2 unspecified atom stereocenters. The molecule has 1 N–H and O–H groups in total. The van der Waals surface area contributed by atoms with E-state index in [9.17, 15) is 9.18 Å². The van der Waals surface area contributed by atoms with E-state index in [1.807, 2.05) is 6.07 Å².